The second kappa shape index (κ2) is 6.37. The summed E-state index contributed by atoms with van der Waals surface area (Å²) >= 11 is 3.21. The highest BCUT2D eigenvalue weighted by atomic mass is 32.1. The van der Waals surface area contributed by atoms with Crippen LogP contribution >= 0.6 is 22.7 Å². The van der Waals surface area contributed by atoms with Gasteiger partial charge in [0.05, 0.1) is 18.8 Å². The maximum absolute atomic E-state index is 11.9. The number of ether oxygens (including phenoxy) is 1. The molecule has 0 saturated carbocycles. The fourth-order valence-corrected chi connectivity index (χ4v) is 3.16. The molecule has 0 aliphatic heterocycles. The summed E-state index contributed by atoms with van der Waals surface area (Å²) in [6.07, 6.45) is 0. The number of hydrogen-bond donors (Lipinski definition) is 1. The maximum Gasteiger partial charge on any atom is 0.317 e. The Labute approximate surface area is 126 Å². The Hall–Kier alpha value is -1.40. The Balaban J connectivity index is 2.02. The number of aromatic nitrogens is 1. The third-order valence-electron chi connectivity index (χ3n) is 2.92. The van der Waals surface area contributed by atoms with Gasteiger partial charge in [-0.2, -0.15) is 0 Å². The molecule has 0 spiro atoms. The number of esters is 1. The quantitative estimate of drug-likeness (QED) is 0.827. The van der Waals surface area contributed by atoms with Crippen LogP contribution in [0.4, 0.5) is 5.13 Å². The molecule has 2 aromatic rings. The van der Waals surface area contributed by atoms with Gasteiger partial charge < -0.3 is 10.1 Å². The second-order valence-corrected chi connectivity index (χ2v) is 6.71. The van der Waals surface area contributed by atoms with Gasteiger partial charge in [-0.3, -0.25) is 4.79 Å². The van der Waals surface area contributed by atoms with E-state index < -0.39 is 5.41 Å². The largest absolute Gasteiger partial charge is 0.465 e. The van der Waals surface area contributed by atoms with Crippen LogP contribution < -0.4 is 5.32 Å². The third kappa shape index (κ3) is 3.37. The first-order valence-electron chi connectivity index (χ1n) is 6.43. The summed E-state index contributed by atoms with van der Waals surface area (Å²) in [4.78, 5) is 17.7. The minimum Gasteiger partial charge on any atom is -0.465 e. The van der Waals surface area contributed by atoms with Gasteiger partial charge in [-0.25, -0.2) is 4.98 Å². The molecule has 0 bridgehead atoms. The molecule has 2 aromatic heterocycles. The van der Waals surface area contributed by atoms with Crippen LogP contribution in [0, 0.1) is 0 Å². The van der Waals surface area contributed by atoms with E-state index in [-0.39, 0.29) is 5.97 Å². The van der Waals surface area contributed by atoms with Gasteiger partial charge in [-0.15, -0.1) is 22.7 Å². The zero-order valence-corrected chi connectivity index (χ0v) is 13.4. The third-order valence-corrected chi connectivity index (χ3v) is 4.60. The van der Waals surface area contributed by atoms with Gasteiger partial charge in [0.1, 0.15) is 5.41 Å². The molecule has 2 rings (SSSR count). The van der Waals surface area contributed by atoms with Crippen LogP contribution in [0.1, 0.15) is 31.3 Å². The topological polar surface area (TPSA) is 51.2 Å². The smallest absolute Gasteiger partial charge is 0.317 e. The van der Waals surface area contributed by atoms with Crippen molar-refractivity contribution in [1.82, 2.24) is 4.98 Å². The highest BCUT2D eigenvalue weighted by Crippen LogP contribution is 2.28. The lowest BCUT2D eigenvalue weighted by Gasteiger charge is -2.19. The molecule has 0 amide bonds. The molecule has 0 radical (unpaired) electrons. The summed E-state index contributed by atoms with van der Waals surface area (Å²) in [5.74, 6) is -0.241. The molecule has 20 heavy (non-hydrogen) atoms. The zero-order chi connectivity index (χ0) is 14.6. The predicted octanol–water partition coefficient (Wildman–Crippen LogP) is 3.66. The van der Waals surface area contributed by atoms with E-state index in [0.717, 1.165) is 17.4 Å². The molecule has 1 N–H and O–H groups in total. The molecule has 0 fully saturated rings. The van der Waals surface area contributed by atoms with E-state index in [1.807, 2.05) is 37.6 Å². The van der Waals surface area contributed by atoms with Gasteiger partial charge in [0, 0.05) is 10.3 Å². The lowest BCUT2D eigenvalue weighted by atomic mass is 9.90. The second-order valence-electron chi connectivity index (χ2n) is 4.82. The lowest BCUT2D eigenvalue weighted by Crippen LogP contribution is -2.31. The van der Waals surface area contributed by atoms with Crippen molar-refractivity contribution in [2.75, 3.05) is 11.9 Å². The Morgan fingerprint density at radius 3 is 2.90 bits per heavy atom. The average molecular weight is 310 g/mol. The normalized spacial score (nSPS) is 11.3. The summed E-state index contributed by atoms with van der Waals surface area (Å²) in [6.45, 7) is 6.62. The number of nitrogens with zero attached hydrogens (tertiary/aromatic N) is 1. The summed E-state index contributed by atoms with van der Waals surface area (Å²) in [7, 11) is 0. The van der Waals surface area contributed by atoms with Crippen LogP contribution in [-0.2, 0) is 21.5 Å². The summed E-state index contributed by atoms with van der Waals surface area (Å²) in [5.41, 5.74) is 0.0321. The molecule has 4 nitrogen and oxygen atoms in total. The molecular weight excluding hydrogens is 292 g/mol. The monoisotopic (exact) mass is 310 g/mol. The molecule has 0 atom stereocenters. The summed E-state index contributed by atoms with van der Waals surface area (Å²) < 4.78 is 5.10. The maximum atomic E-state index is 11.9. The lowest BCUT2D eigenvalue weighted by molar-refractivity contribution is -0.148. The molecule has 0 unspecified atom stereocenters. The Kier molecular flexibility index (Phi) is 4.77. The Bertz CT molecular complexity index is 562. The molecule has 0 aromatic carbocycles. The molecule has 108 valence electrons. The number of carbonyl (C=O) groups is 1. The number of anilines is 1. The first-order chi connectivity index (χ1) is 9.54. The average Bonchev–Trinajstić information content (AvgIpc) is 3.08. The van der Waals surface area contributed by atoms with Crippen molar-refractivity contribution in [3.8, 4) is 0 Å². The SMILES string of the molecule is CCOC(=O)C(C)(C)c1csc(NCc2cccs2)n1. The van der Waals surface area contributed by atoms with Gasteiger partial charge >= 0.3 is 5.97 Å². The van der Waals surface area contributed by atoms with Crippen molar-refractivity contribution in [2.24, 2.45) is 0 Å². The molecule has 0 aliphatic carbocycles. The van der Waals surface area contributed by atoms with E-state index in [4.69, 9.17) is 4.74 Å². The van der Waals surface area contributed by atoms with Crippen LogP contribution in [0.2, 0.25) is 0 Å². The molecule has 0 aliphatic rings. The van der Waals surface area contributed by atoms with E-state index in [9.17, 15) is 4.79 Å². The first kappa shape index (κ1) is 15.0. The summed E-state index contributed by atoms with van der Waals surface area (Å²) in [6, 6.07) is 4.10. The van der Waals surface area contributed by atoms with Crippen molar-refractivity contribution in [3.63, 3.8) is 0 Å². The number of hydrogen-bond acceptors (Lipinski definition) is 6. The number of rotatable bonds is 6. The van der Waals surface area contributed by atoms with Crippen molar-refractivity contribution in [3.05, 3.63) is 33.5 Å². The van der Waals surface area contributed by atoms with Crippen LogP contribution in [0.25, 0.3) is 0 Å². The van der Waals surface area contributed by atoms with Crippen molar-refractivity contribution in [2.45, 2.75) is 32.7 Å². The van der Waals surface area contributed by atoms with Gasteiger partial charge in [0.15, 0.2) is 5.13 Å². The van der Waals surface area contributed by atoms with E-state index in [0.29, 0.717) is 6.61 Å². The highest BCUT2D eigenvalue weighted by molar-refractivity contribution is 7.13. The molecular formula is C14H18N2O2S2. The fraction of sp³-hybridized carbons (Fsp3) is 0.429. The highest BCUT2D eigenvalue weighted by Gasteiger charge is 2.33. The van der Waals surface area contributed by atoms with E-state index in [1.165, 1.54) is 16.2 Å². The minimum atomic E-state index is -0.713. The number of thiazole rings is 1. The molecule has 0 saturated heterocycles. The first-order valence-corrected chi connectivity index (χ1v) is 8.19. The zero-order valence-electron chi connectivity index (χ0n) is 11.8. The standard InChI is InChI=1S/C14H18N2O2S2/c1-4-18-12(17)14(2,3)11-9-20-13(16-11)15-8-10-6-5-7-19-10/h5-7,9H,4,8H2,1-3H3,(H,15,16). The van der Waals surface area contributed by atoms with Crippen molar-refractivity contribution >= 4 is 33.8 Å². The van der Waals surface area contributed by atoms with E-state index in [1.54, 1.807) is 11.3 Å². The molecule has 6 heteroatoms. The van der Waals surface area contributed by atoms with Crippen LogP contribution in [-0.4, -0.2) is 17.6 Å². The van der Waals surface area contributed by atoms with Crippen LogP contribution in [0.15, 0.2) is 22.9 Å². The number of carbonyl (C=O) groups excluding carboxylic acids is 1. The van der Waals surface area contributed by atoms with E-state index >= 15 is 0 Å². The number of nitrogens with one attached hydrogen (secondary N) is 1. The van der Waals surface area contributed by atoms with Crippen LogP contribution in [0.5, 0.6) is 0 Å². The van der Waals surface area contributed by atoms with Gasteiger partial charge in [0.25, 0.3) is 0 Å². The van der Waals surface area contributed by atoms with Crippen LogP contribution in [0.3, 0.4) is 0 Å². The Morgan fingerprint density at radius 2 is 2.25 bits per heavy atom. The van der Waals surface area contributed by atoms with Crippen molar-refractivity contribution < 1.29 is 9.53 Å². The van der Waals surface area contributed by atoms with Crippen molar-refractivity contribution in [1.29, 1.82) is 0 Å². The van der Waals surface area contributed by atoms with Gasteiger partial charge in [0.2, 0.25) is 0 Å². The molecule has 2 heterocycles. The summed E-state index contributed by atoms with van der Waals surface area (Å²) in [5, 5.41) is 8.06. The van der Waals surface area contributed by atoms with Gasteiger partial charge in [-0.1, -0.05) is 6.07 Å². The van der Waals surface area contributed by atoms with E-state index in [2.05, 4.69) is 16.4 Å². The number of thiophene rings is 1. The Morgan fingerprint density at radius 1 is 1.45 bits per heavy atom. The predicted molar refractivity (Wildman–Crippen MR) is 83.4 cm³/mol. The van der Waals surface area contributed by atoms with Gasteiger partial charge in [-0.05, 0) is 32.2 Å². The fourth-order valence-electron chi connectivity index (χ4n) is 1.63. The minimum absolute atomic E-state index is 0.241.